The molecule has 8 fully saturated rings. The largest absolute Gasteiger partial charge is 0.497 e. The molecule has 0 unspecified atom stereocenters. The van der Waals surface area contributed by atoms with Crippen molar-refractivity contribution in [3.8, 4) is 5.75 Å². The van der Waals surface area contributed by atoms with E-state index in [1.54, 1.807) is 53.0 Å². The Labute approximate surface area is 844 Å². The summed E-state index contributed by atoms with van der Waals surface area (Å²) in [6, 6.07) is 34.0. The van der Waals surface area contributed by atoms with Gasteiger partial charge in [-0.3, -0.25) is 57.5 Å². The second-order valence-corrected chi connectivity index (χ2v) is 48.4. The standard InChI is InChI=1S/2C25H27Cl2FN4O3S.C24H26ClFN4O4S.C24H26ClFN4O3S/c2*1-14-21-12-22(25(33)30-36(34,35)20-3-4-20)23(28)13-24(21)32(29-14)19-5-7-31(8-6-19)15(2)16-9-17(26)11-18(27)10-16;1-14-20-10-21(24(31)28-35(32,33)19-3-4-19)22(26)11-23(20)30(27-14)17-5-6-29(13-17)12-15-7-16(25)9-18(8-15)34-2;1-14-3-4-17(25)9-16(14)12-29-8-7-18(13-29)30-23-11-22(26)21(10-20(23)15(2)27-30)24(31)28-34(32,33)19-5-6-19/h2*9-13,15,19-20H,3-8H2,1-2H3,(H,30,33);7-11,17,19H,3-6,12-13H2,1-2H3,(H,28,31);3-4,9-11,18-19H,5-8,12-13H2,1-2H3,(H,28,31)/t2*15-;17-;18-/m1011/s1. The highest BCUT2D eigenvalue weighted by atomic mass is 35.5. The van der Waals surface area contributed by atoms with E-state index < -0.39 is 108 Å². The fourth-order valence-corrected chi connectivity index (χ4v) is 25.9. The summed E-state index contributed by atoms with van der Waals surface area (Å²) in [6.07, 6.45) is 9.08. The van der Waals surface area contributed by atoms with Crippen molar-refractivity contribution in [2.75, 3.05) is 59.5 Å². The zero-order valence-corrected chi connectivity index (χ0v) is 86.2. The van der Waals surface area contributed by atoms with Gasteiger partial charge in [0, 0.05) is 153 Å². The minimum Gasteiger partial charge on any atom is -0.497 e. The number of amides is 4. The number of piperidine rings is 2. The first-order chi connectivity index (χ1) is 66.8. The Balaban J connectivity index is 0.000000130. The van der Waals surface area contributed by atoms with E-state index in [1.165, 1.54) is 59.7 Å². The number of hydrogen-bond acceptors (Lipinski definition) is 21. The summed E-state index contributed by atoms with van der Waals surface area (Å²) >= 11 is 37.1. The summed E-state index contributed by atoms with van der Waals surface area (Å²) in [5.41, 5.74) is 9.36. The third kappa shape index (κ3) is 23.4. The average molecular weight is 2130 g/mol. The fourth-order valence-electron chi connectivity index (χ4n) is 19.2. The molecule has 43 heteroatoms. The number of likely N-dealkylation sites (tertiary alicyclic amines) is 4. The Morgan fingerprint density at radius 3 is 0.957 bits per heavy atom. The Kier molecular flexibility index (Phi) is 30.3. The Hall–Kier alpha value is -9.58. The monoisotopic (exact) mass is 2130 g/mol. The number of halogens is 10. The number of carbonyl (C=O) groups is 4. The number of methoxy groups -OCH3 is 1. The van der Waals surface area contributed by atoms with Crippen LogP contribution in [0.4, 0.5) is 17.6 Å². The molecule has 4 aliphatic carbocycles. The van der Waals surface area contributed by atoms with Crippen molar-refractivity contribution in [1.29, 1.82) is 0 Å². The number of aryl methyl sites for hydroxylation is 5. The molecular weight excluding hydrogens is 2030 g/mol. The molecule has 4 saturated heterocycles. The van der Waals surface area contributed by atoms with Crippen molar-refractivity contribution in [1.82, 2.24) is 77.6 Å². The Morgan fingerprint density at radius 1 is 0.362 bits per heavy atom. The lowest BCUT2D eigenvalue weighted by atomic mass is 10.00. The van der Waals surface area contributed by atoms with Crippen LogP contribution in [0.15, 0.2) is 121 Å². The molecule has 0 spiro atoms. The molecule has 4 saturated carbocycles. The van der Waals surface area contributed by atoms with Crippen LogP contribution in [0.1, 0.15) is 232 Å². The molecule has 750 valence electrons. The first kappa shape index (κ1) is 103. The SMILES string of the molecule is COc1cc(Cl)cc(CN2CC[C@@H](n3nc(C)c4cc(C(=O)NS(=O)(=O)C5CC5)c(F)cc43)C2)c1.Cc1ccc(Cl)cc1CN1CC[C@@H](n2nc(C)c3cc(C(=O)NS(=O)(=O)C4CC4)c(F)cc32)C1.Cc1nn(C2CCN([C@@H](C)c3cc(Cl)cc(Cl)c3)CC2)c2cc(F)c(C(=O)NS(=O)(=O)C3CC3)cc12.Cc1nn(C2CCN([C@H](C)c3cc(Cl)cc(Cl)c3)CC2)c2cc(F)c(C(=O)NS(=O)(=O)C3CC3)cc12. The van der Waals surface area contributed by atoms with Crippen LogP contribution in [0.3, 0.4) is 0 Å². The molecule has 20 rings (SSSR count). The molecule has 4 N–H and O–H groups in total. The van der Waals surface area contributed by atoms with Crippen LogP contribution in [0, 0.1) is 57.9 Å². The molecular formula is C98H106Cl6F4N16O13S4. The lowest BCUT2D eigenvalue weighted by molar-refractivity contribution is 0.0968. The van der Waals surface area contributed by atoms with Gasteiger partial charge in [-0.05, 0) is 257 Å². The van der Waals surface area contributed by atoms with Crippen LogP contribution in [0.2, 0.25) is 30.1 Å². The lowest BCUT2D eigenvalue weighted by Crippen LogP contribution is -2.36. The van der Waals surface area contributed by atoms with Crippen molar-refractivity contribution < 1.29 is 75.1 Å². The maximum atomic E-state index is 15.0. The summed E-state index contributed by atoms with van der Waals surface area (Å²) in [6.45, 7) is 21.5. The van der Waals surface area contributed by atoms with Gasteiger partial charge in [0.1, 0.15) is 29.0 Å². The number of aromatic nitrogens is 8. The van der Waals surface area contributed by atoms with E-state index in [4.69, 9.17) is 74.3 Å². The number of ether oxygens (including phenoxy) is 1. The molecule has 141 heavy (non-hydrogen) atoms. The average Bonchev–Trinajstić information content (AvgIpc) is 1.63. The van der Waals surface area contributed by atoms with E-state index in [2.05, 4.69) is 60.8 Å². The molecule has 4 amide bonds. The van der Waals surface area contributed by atoms with Crippen LogP contribution in [0.5, 0.6) is 5.75 Å². The summed E-state index contributed by atoms with van der Waals surface area (Å²) < 4.78 is 178. The zero-order chi connectivity index (χ0) is 101. The van der Waals surface area contributed by atoms with Gasteiger partial charge >= 0.3 is 0 Å². The number of nitrogens with one attached hydrogen (secondary N) is 4. The Bertz CT molecular complexity index is 7190. The van der Waals surface area contributed by atoms with E-state index >= 15 is 8.78 Å². The molecule has 4 aromatic heterocycles. The number of nitrogens with zero attached hydrogens (tertiary/aromatic N) is 12. The number of hydrogen-bond donors (Lipinski definition) is 4. The minimum atomic E-state index is -3.77. The molecule has 4 aliphatic heterocycles. The second kappa shape index (κ2) is 41.5. The number of sulfonamides is 4. The van der Waals surface area contributed by atoms with Gasteiger partial charge in [-0.2, -0.15) is 20.4 Å². The minimum absolute atomic E-state index is 0.0293. The molecule has 0 radical (unpaired) electrons. The van der Waals surface area contributed by atoms with E-state index in [9.17, 15) is 61.6 Å². The van der Waals surface area contributed by atoms with Gasteiger partial charge in [0.15, 0.2) is 0 Å². The smallest absolute Gasteiger partial charge is 0.267 e. The summed E-state index contributed by atoms with van der Waals surface area (Å²) in [4.78, 5) is 59.5. The van der Waals surface area contributed by atoms with E-state index in [0.29, 0.717) is 167 Å². The van der Waals surface area contributed by atoms with Gasteiger partial charge in [0.2, 0.25) is 40.1 Å². The predicted octanol–water partition coefficient (Wildman–Crippen LogP) is 18.8. The highest BCUT2D eigenvalue weighted by Crippen LogP contribution is 2.42. The van der Waals surface area contributed by atoms with Crippen molar-refractivity contribution in [3.63, 3.8) is 0 Å². The molecule has 8 aliphatic rings. The summed E-state index contributed by atoms with van der Waals surface area (Å²) in [7, 11) is -13.5. The highest BCUT2D eigenvalue weighted by molar-refractivity contribution is 7.91. The van der Waals surface area contributed by atoms with Crippen molar-refractivity contribution in [2.24, 2.45) is 0 Å². The van der Waals surface area contributed by atoms with Gasteiger partial charge in [-0.25, -0.2) is 70.1 Å². The number of carbonyl (C=O) groups excluding carboxylic acids is 4. The van der Waals surface area contributed by atoms with Crippen LogP contribution >= 0.6 is 69.6 Å². The van der Waals surface area contributed by atoms with Crippen LogP contribution < -0.4 is 23.6 Å². The number of rotatable bonds is 25. The molecule has 12 aromatic rings. The number of benzene rings is 8. The van der Waals surface area contributed by atoms with E-state index in [0.717, 1.165) is 108 Å². The summed E-state index contributed by atoms with van der Waals surface area (Å²) in [5, 5.41) is 22.7. The van der Waals surface area contributed by atoms with Crippen LogP contribution in [0.25, 0.3) is 43.6 Å². The van der Waals surface area contributed by atoms with Crippen LogP contribution in [-0.2, 0) is 53.2 Å². The van der Waals surface area contributed by atoms with Gasteiger partial charge in [-0.15, -0.1) is 0 Å². The molecule has 0 bridgehead atoms. The van der Waals surface area contributed by atoms with Gasteiger partial charge in [0.25, 0.3) is 23.6 Å². The third-order valence-electron chi connectivity index (χ3n) is 27.7. The highest BCUT2D eigenvalue weighted by Gasteiger charge is 2.43. The quantitative estimate of drug-likeness (QED) is 0.0386. The van der Waals surface area contributed by atoms with Crippen molar-refractivity contribution in [2.45, 2.75) is 209 Å². The predicted molar refractivity (Wildman–Crippen MR) is 537 cm³/mol. The molecule has 8 aromatic carbocycles. The number of fused-ring (bicyclic) bond motifs is 4. The topological polar surface area (TPSA) is 346 Å². The van der Waals surface area contributed by atoms with E-state index in [-0.39, 0.29) is 58.5 Å². The van der Waals surface area contributed by atoms with Crippen LogP contribution in [-0.4, -0.2) is 196 Å². The van der Waals surface area contributed by atoms with Crippen molar-refractivity contribution >= 4 is 177 Å². The van der Waals surface area contributed by atoms with Gasteiger partial charge in [-0.1, -0.05) is 75.7 Å². The maximum Gasteiger partial charge on any atom is 0.267 e. The first-order valence-corrected chi connectivity index (χ1v) is 55.2. The van der Waals surface area contributed by atoms with Gasteiger partial charge in [0.05, 0.1) is 119 Å². The van der Waals surface area contributed by atoms with E-state index in [1.807, 2.05) is 92.2 Å². The van der Waals surface area contributed by atoms with Crippen molar-refractivity contribution in [3.05, 3.63) is 248 Å². The Morgan fingerprint density at radius 2 is 0.652 bits per heavy atom. The third-order valence-corrected chi connectivity index (χ3v) is 36.3. The zero-order valence-electron chi connectivity index (χ0n) is 78.4. The first-order valence-electron chi connectivity index (χ1n) is 46.7. The molecule has 4 atom stereocenters. The lowest BCUT2D eigenvalue weighted by Gasteiger charge is -2.36. The second-order valence-electron chi connectivity index (χ2n) is 37.9. The normalized spacial score (nSPS) is 18.7. The molecule has 8 heterocycles. The van der Waals surface area contributed by atoms with Gasteiger partial charge < -0.3 is 4.74 Å². The fraction of sp³-hybridized carbons (Fsp3) is 0.429. The summed E-state index contributed by atoms with van der Waals surface area (Å²) in [5.74, 6) is -6.16. The molecule has 29 nitrogen and oxygen atoms in total. The maximum absolute atomic E-state index is 15.0.